The van der Waals surface area contributed by atoms with Gasteiger partial charge in [-0.2, -0.15) is 0 Å². The Balaban J connectivity index is 1.98. The van der Waals surface area contributed by atoms with Gasteiger partial charge in [-0.1, -0.05) is 0 Å². The molecule has 2 heterocycles. The van der Waals surface area contributed by atoms with Gasteiger partial charge in [0.1, 0.15) is 5.82 Å². The van der Waals surface area contributed by atoms with Crippen molar-refractivity contribution in [2.75, 3.05) is 51.8 Å². The minimum Gasteiger partial charge on any atom is -0.379 e. The summed E-state index contributed by atoms with van der Waals surface area (Å²) in [5, 5.41) is 0.876. The monoisotopic (exact) mass is 317 g/mol. The summed E-state index contributed by atoms with van der Waals surface area (Å²) in [4.78, 5) is 9.03. The molecule has 1 saturated heterocycles. The number of aromatic nitrogens is 1. The molecule has 0 spiro atoms. The molecule has 1 unspecified atom stereocenters. The van der Waals surface area contributed by atoms with Gasteiger partial charge in [-0.15, -0.1) is 0 Å². The van der Waals surface area contributed by atoms with Crippen LogP contribution in [0, 0.1) is 18.7 Å². The molecule has 0 saturated carbocycles. The highest BCUT2D eigenvalue weighted by atomic mass is 19.1. The lowest BCUT2D eigenvalue weighted by molar-refractivity contribution is 0.113. The molecule has 1 aliphatic heterocycles. The Morgan fingerprint density at radius 3 is 2.96 bits per heavy atom. The topological polar surface area (TPSA) is 28.6 Å². The van der Waals surface area contributed by atoms with Crippen molar-refractivity contribution in [2.24, 2.45) is 5.92 Å². The molecule has 0 N–H and O–H groups in total. The minimum absolute atomic E-state index is 0.222. The van der Waals surface area contributed by atoms with Crippen LogP contribution in [0.2, 0.25) is 0 Å². The molecule has 0 amide bonds. The van der Waals surface area contributed by atoms with Gasteiger partial charge >= 0.3 is 0 Å². The second kappa shape index (κ2) is 6.81. The normalized spacial score (nSPS) is 19.3. The maximum absolute atomic E-state index is 13.7. The van der Waals surface area contributed by atoms with E-state index < -0.39 is 0 Å². The van der Waals surface area contributed by atoms with Gasteiger partial charge in [-0.05, 0) is 45.3 Å². The van der Waals surface area contributed by atoms with Gasteiger partial charge in [0, 0.05) is 42.3 Å². The van der Waals surface area contributed by atoms with Crippen LogP contribution >= 0.6 is 0 Å². The number of ether oxygens (including phenoxy) is 1. The highest BCUT2D eigenvalue weighted by Gasteiger charge is 2.21. The lowest BCUT2D eigenvalue weighted by atomic mass is 10.1. The zero-order valence-corrected chi connectivity index (χ0v) is 14.1. The summed E-state index contributed by atoms with van der Waals surface area (Å²) >= 11 is 0. The van der Waals surface area contributed by atoms with Gasteiger partial charge in [0.25, 0.3) is 0 Å². The molecule has 1 atom stereocenters. The van der Waals surface area contributed by atoms with Crippen molar-refractivity contribution in [1.82, 2.24) is 9.88 Å². The van der Waals surface area contributed by atoms with Gasteiger partial charge < -0.3 is 14.5 Å². The van der Waals surface area contributed by atoms with E-state index in [2.05, 4.69) is 34.9 Å². The summed E-state index contributed by atoms with van der Waals surface area (Å²) in [5.41, 5.74) is 2.85. The van der Waals surface area contributed by atoms with Crippen LogP contribution in [-0.4, -0.2) is 56.8 Å². The first kappa shape index (κ1) is 16.1. The van der Waals surface area contributed by atoms with E-state index in [-0.39, 0.29) is 5.82 Å². The fourth-order valence-electron chi connectivity index (χ4n) is 3.30. The number of benzene rings is 1. The third-order valence-corrected chi connectivity index (χ3v) is 4.18. The molecule has 1 aromatic carbocycles. The maximum atomic E-state index is 13.7. The van der Waals surface area contributed by atoms with E-state index in [9.17, 15) is 4.39 Å². The molecular weight excluding hydrogens is 293 g/mol. The zero-order chi connectivity index (χ0) is 16.4. The Kier molecular flexibility index (Phi) is 4.78. The Hall–Kier alpha value is -1.72. The molecule has 0 aliphatic carbocycles. The number of fused-ring (bicyclic) bond motifs is 1. The van der Waals surface area contributed by atoms with Crippen molar-refractivity contribution in [3.63, 3.8) is 0 Å². The summed E-state index contributed by atoms with van der Waals surface area (Å²) in [6.45, 7) is 6.16. The number of nitrogens with zero attached hydrogens (tertiary/aromatic N) is 3. The number of rotatable bonds is 3. The first-order valence-electron chi connectivity index (χ1n) is 8.07. The minimum atomic E-state index is -0.222. The third kappa shape index (κ3) is 3.79. The van der Waals surface area contributed by atoms with Gasteiger partial charge in [0.15, 0.2) is 0 Å². The molecule has 2 aromatic rings. The van der Waals surface area contributed by atoms with Gasteiger partial charge in [-0.3, -0.25) is 4.98 Å². The predicted molar refractivity (Wildman–Crippen MR) is 91.5 cm³/mol. The van der Waals surface area contributed by atoms with Gasteiger partial charge in [0.2, 0.25) is 0 Å². The lowest BCUT2D eigenvalue weighted by Gasteiger charge is -2.28. The summed E-state index contributed by atoms with van der Waals surface area (Å²) in [7, 11) is 4.16. The zero-order valence-electron chi connectivity index (χ0n) is 14.1. The standard InChI is InChI=1S/C18H24FN3O/c1-13-8-18(16-9-15(19)4-5-17(16)20-13)22-6-7-23-12-14(11-22)10-21(2)3/h4-5,8-9,14H,6-7,10-12H2,1-3H3. The van der Waals surface area contributed by atoms with E-state index in [4.69, 9.17) is 4.74 Å². The average Bonchev–Trinajstić information content (AvgIpc) is 2.72. The van der Waals surface area contributed by atoms with Crippen LogP contribution in [0.4, 0.5) is 10.1 Å². The van der Waals surface area contributed by atoms with Crippen molar-refractivity contribution in [1.29, 1.82) is 0 Å². The van der Waals surface area contributed by atoms with Crippen molar-refractivity contribution in [2.45, 2.75) is 6.92 Å². The first-order valence-corrected chi connectivity index (χ1v) is 8.07. The molecule has 3 rings (SSSR count). The Labute approximate surface area is 136 Å². The van der Waals surface area contributed by atoms with E-state index in [0.717, 1.165) is 48.5 Å². The molecule has 1 fully saturated rings. The van der Waals surface area contributed by atoms with Crippen LogP contribution in [0.1, 0.15) is 5.69 Å². The average molecular weight is 317 g/mol. The molecule has 0 bridgehead atoms. The molecular formula is C18H24FN3O. The Morgan fingerprint density at radius 1 is 1.35 bits per heavy atom. The van der Waals surface area contributed by atoms with E-state index in [1.54, 1.807) is 12.1 Å². The predicted octanol–water partition coefficient (Wildman–Crippen LogP) is 2.70. The third-order valence-electron chi connectivity index (χ3n) is 4.18. The van der Waals surface area contributed by atoms with E-state index in [0.29, 0.717) is 12.5 Å². The number of hydrogen-bond donors (Lipinski definition) is 0. The van der Waals surface area contributed by atoms with Crippen molar-refractivity contribution in [3.05, 3.63) is 35.8 Å². The van der Waals surface area contributed by atoms with Crippen LogP contribution in [0.25, 0.3) is 10.9 Å². The van der Waals surface area contributed by atoms with Crippen LogP contribution < -0.4 is 4.90 Å². The van der Waals surface area contributed by atoms with Crippen LogP contribution in [-0.2, 0) is 4.74 Å². The highest BCUT2D eigenvalue weighted by molar-refractivity contribution is 5.92. The summed E-state index contributed by atoms with van der Waals surface area (Å²) < 4.78 is 19.5. The largest absolute Gasteiger partial charge is 0.379 e. The second-order valence-corrected chi connectivity index (χ2v) is 6.59. The van der Waals surface area contributed by atoms with Crippen molar-refractivity contribution >= 4 is 16.6 Å². The molecule has 1 aromatic heterocycles. The molecule has 5 heteroatoms. The number of hydrogen-bond acceptors (Lipinski definition) is 4. The Bertz CT molecular complexity index is 689. The van der Waals surface area contributed by atoms with Crippen LogP contribution in [0.5, 0.6) is 0 Å². The number of pyridine rings is 1. The maximum Gasteiger partial charge on any atom is 0.124 e. The van der Waals surface area contributed by atoms with Crippen molar-refractivity contribution < 1.29 is 9.13 Å². The summed E-state index contributed by atoms with van der Waals surface area (Å²) in [6, 6.07) is 6.87. The highest BCUT2D eigenvalue weighted by Crippen LogP contribution is 2.29. The van der Waals surface area contributed by atoms with E-state index >= 15 is 0 Å². The first-order chi connectivity index (χ1) is 11.0. The van der Waals surface area contributed by atoms with Gasteiger partial charge in [0.05, 0.1) is 18.7 Å². The molecule has 4 nitrogen and oxygen atoms in total. The van der Waals surface area contributed by atoms with Crippen LogP contribution in [0.3, 0.4) is 0 Å². The summed E-state index contributed by atoms with van der Waals surface area (Å²) in [6.07, 6.45) is 0. The smallest absolute Gasteiger partial charge is 0.124 e. The van der Waals surface area contributed by atoms with E-state index in [1.807, 2.05) is 6.92 Å². The molecule has 1 aliphatic rings. The number of anilines is 1. The molecule has 23 heavy (non-hydrogen) atoms. The fraction of sp³-hybridized carbons (Fsp3) is 0.500. The summed E-state index contributed by atoms with van der Waals surface area (Å²) in [5.74, 6) is 0.213. The quantitative estimate of drug-likeness (QED) is 0.870. The molecule has 124 valence electrons. The van der Waals surface area contributed by atoms with Crippen molar-refractivity contribution in [3.8, 4) is 0 Å². The van der Waals surface area contributed by atoms with E-state index in [1.165, 1.54) is 6.07 Å². The van der Waals surface area contributed by atoms with Crippen LogP contribution in [0.15, 0.2) is 24.3 Å². The second-order valence-electron chi connectivity index (χ2n) is 6.59. The SMILES string of the molecule is Cc1cc(N2CCOCC(CN(C)C)C2)c2cc(F)ccc2n1. The van der Waals surface area contributed by atoms with Gasteiger partial charge in [-0.25, -0.2) is 4.39 Å². The number of halogens is 1. The number of aryl methyl sites for hydroxylation is 1. The fourth-order valence-corrected chi connectivity index (χ4v) is 3.30. The Morgan fingerprint density at radius 2 is 2.17 bits per heavy atom. The lowest BCUT2D eigenvalue weighted by Crippen LogP contribution is -2.35. The molecule has 0 radical (unpaired) electrons.